The van der Waals surface area contributed by atoms with Crippen molar-refractivity contribution in [2.24, 2.45) is 5.92 Å². The highest BCUT2D eigenvalue weighted by Crippen LogP contribution is 2.35. The van der Waals surface area contributed by atoms with Crippen LogP contribution in [0.1, 0.15) is 29.5 Å². The zero-order valence-electron chi connectivity index (χ0n) is 11.5. The van der Waals surface area contributed by atoms with Crippen molar-refractivity contribution in [3.63, 3.8) is 0 Å². The van der Waals surface area contributed by atoms with Gasteiger partial charge in [-0.1, -0.05) is 35.5 Å². The Morgan fingerprint density at radius 3 is 2.79 bits per heavy atom. The Kier molecular flexibility index (Phi) is 3.38. The van der Waals surface area contributed by atoms with E-state index in [4.69, 9.17) is 4.52 Å². The molecule has 0 radical (unpaired) electrons. The molecule has 2 heterocycles. The predicted octanol–water partition coefficient (Wildman–Crippen LogP) is 3.22. The van der Waals surface area contributed by atoms with Crippen molar-refractivity contribution >= 4 is 0 Å². The average molecular weight is 256 g/mol. The first-order chi connectivity index (χ1) is 9.22. The van der Waals surface area contributed by atoms with Crippen molar-refractivity contribution in [3.05, 3.63) is 53.4 Å². The molecule has 1 fully saturated rings. The van der Waals surface area contributed by atoms with Crippen molar-refractivity contribution in [3.8, 4) is 0 Å². The third-order valence-electron chi connectivity index (χ3n) is 3.98. The molecule has 0 saturated carbocycles. The van der Waals surface area contributed by atoms with Crippen LogP contribution in [-0.4, -0.2) is 23.6 Å². The van der Waals surface area contributed by atoms with Crippen molar-refractivity contribution in [1.82, 2.24) is 10.1 Å². The van der Waals surface area contributed by atoms with Crippen LogP contribution < -0.4 is 0 Å². The SMILES string of the molecule is Cc1cc(C2CC(Cc3ccccc3)CN2C)on1. The van der Waals surface area contributed by atoms with Gasteiger partial charge in [0.05, 0.1) is 11.7 Å². The Balaban J connectivity index is 1.68. The van der Waals surface area contributed by atoms with Gasteiger partial charge in [0.15, 0.2) is 5.76 Å². The minimum Gasteiger partial charge on any atom is -0.359 e. The van der Waals surface area contributed by atoms with Crippen LogP contribution in [0.25, 0.3) is 0 Å². The summed E-state index contributed by atoms with van der Waals surface area (Å²) in [4.78, 5) is 2.38. The molecule has 1 aliphatic rings. The van der Waals surface area contributed by atoms with Crippen LogP contribution in [0.15, 0.2) is 40.9 Å². The number of likely N-dealkylation sites (tertiary alicyclic amines) is 1. The van der Waals surface area contributed by atoms with Crippen molar-refractivity contribution in [2.45, 2.75) is 25.8 Å². The van der Waals surface area contributed by atoms with E-state index in [0.29, 0.717) is 12.0 Å². The van der Waals surface area contributed by atoms with E-state index >= 15 is 0 Å². The summed E-state index contributed by atoms with van der Waals surface area (Å²) < 4.78 is 5.43. The van der Waals surface area contributed by atoms with E-state index < -0.39 is 0 Å². The van der Waals surface area contributed by atoms with Crippen molar-refractivity contribution in [1.29, 1.82) is 0 Å². The van der Waals surface area contributed by atoms with Crippen LogP contribution in [0.2, 0.25) is 0 Å². The third-order valence-corrected chi connectivity index (χ3v) is 3.98. The van der Waals surface area contributed by atoms with Gasteiger partial charge < -0.3 is 4.52 Å². The molecule has 1 aliphatic heterocycles. The number of hydrogen-bond donors (Lipinski definition) is 0. The van der Waals surface area contributed by atoms with Gasteiger partial charge in [-0.15, -0.1) is 0 Å². The van der Waals surface area contributed by atoms with E-state index in [9.17, 15) is 0 Å². The van der Waals surface area contributed by atoms with Crippen LogP contribution in [0, 0.1) is 12.8 Å². The molecule has 0 aliphatic carbocycles. The number of rotatable bonds is 3. The maximum absolute atomic E-state index is 5.43. The van der Waals surface area contributed by atoms with E-state index in [1.165, 1.54) is 5.56 Å². The van der Waals surface area contributed by atoms with Crippen LogP contribution in [0.4, 0.5) is 0 Å². The van der Waals surface area contributed by atoms with Gasteiger partial charge in [-0.2, -0.15) is 0 Å². The average Bonchev–Trinajstić information content (AvgIpc) is 2.97. The summed E-state index contributed by atoms with van der Waals surface area (Å²) >= 11 is 0. The molecule has 3 rings (SSSR count). The molecule has 1 aromatic carbocycles. The van der Waals surface area contributed by atoms with Crippen LogP contribution in [0.3, 0.4) is 0 Å². The summed E-state index contributed by atoms with van der Waals surface area (Å²) in [6.45, 7) is 3.10. The summed E-state index contributed by atoms with van der Waals surface area (Å²) in [5.41, 5.74) is 2.39. The maximum Gasteiger partial charge on any atom is 0.154 e. The Bertz CT molecular complexity index is 535. The molecule has 0 N–H and O–H groups in total. The number of aromatic nitrogens is 1. The molecular weight excluding hydrogens is 236 g/mol. The molecule has 100 valence electrons. The quantitative estimate of drug-likeness (QED) is 0.844. The summed E-state index contributed by atoms with van der Waals surface area (Å²) in [5.74, 6) is 1.71. The van der Waals surface area contributed by atoms with Crippen LogP contribution in [0.5, 0.6) is 0 Å². The Morgan fingerprint density at radius 1 is 1.32 bits per heavy atom. The second-order valence-corrected chi connectivity index (χ2v) is 5.62. The fourth-order valence-corrected chi connectivity index (χ4v) is 3.07. The lowest BCUT2D eigenvalue weighted by molar-refractivity contribution is 0.250. The van der Waals surface area contributed by atoms with Crippen LogP contribution >= 0.6 is 0 Å². The topological polar surface area (TPSA) is 29.3 Å². The predicted molar refractivity (Wildman–Crippen MR) is 74.9 cm³/mol. The van der Waals surface area contributed by atoms with E-state index in [0.717, 1.165) is 30.8 Å². The van der Waals surface area contributed by atoms with E-state index in [1.807, 2.05) is 6.92 Å². The maximum atomic E-state index is 5.43. The lowest BCUT2D eigenvalue weighted by atomic mass is 9.96. The molecule has 2 unspecified atom stereocenters. The van der Waals surface area contributed by atoms with Crippen LogP contribution in [-0.2, 0) is 6.42 Å². The molecule has 0 amide bonds. The zero-order chi connectivity index (χ0) is 13.2. The molecular formula is C16H20N2O. The molecule has 3 heteroatoms. The van der Waals surface area contributed by atoms with Gasteiger partial charge in [0.1, 0.15) is 0 Å². The van der Waals surface area contributed by atoms with Gasteiger partial charge in [0, 0.05) is 12.6 Å². The smallest absolute Gasteiger partial charge is 0.154 e. The minimum atomic E-state index is 0.384. The first-order valence-electron chi connectivity index (χ1n) is 6.90. The first kappa shape index (κ1) is 12.4. The fourth-order valence-electron chi connectivity index (χ4n) is 3.07. The monoisotopic (exact) mass is 256 g/mol. The van der Waals surface area contributed by atoms with Crippen molar-refractivity contribution in [2.75, 3.05) is 13.6 Å². The molecule has 1 saturated heterocycles. The van der Waals surface area contributed by atoms with Crippen molar-refractivity contribution < 1.29 is 4.52 Å². The second kappa shape index (κ2) is 5.17. The minimum absolute atomic E-state index is 0.384. The Morgan fingerprint density at radius 2 is 2.11 bits per heavy atom. The summed E-state index contributed by atoms with van der Waals surface area (Å²) in [6, 6.07) is 13.2. The fraction of sp³-hybridized carbons (Fsp3) is 0.438. The van der Waals surface area contributed by atoms with Gasteiger partial charge in [0.2, 0.25) is 0 Å². The molecule has 0 spiro atoms. The highest BCUT2D eigenvalue weighted by Gasteiger charge is 2.32. The molecule has 3 nitrogen and oxygen atoms in total. The molecule has 19 heavy (non-hydrogen) atoms. The summed E-state index contributed by atoms with van der Waals surface area (Å²) in [6.07, 6.45) is 2.30. The largest absolute Gasteiger partial charge is 0.359 e. The van der Waals surface area contributed by atoms with Gasteiger partial charge in [-0.05, 0) is 38.3 Å². The molecule has 2 aromatic rings. The van der Waals surface area contributed by atoms with Gasteiger partial charge in [0.25, 0.3) is 0 Å². The number of benzene rings is 1. The number of aryl methyl sites for hydroxylation is 1. The van der Waals surface area contributed by atoms with Gasteiger partial charge >= 0.3 is 0 Å². The van der Waals surface area contributed by atoms with E-state index in [1.54, 1.807) is 0 Å². The van der Waals surface area contributed by atoms with Gasteiger partial charge in [-0.25, -0.2) is 0 Å². The summed E-state index contributed by atoms with van der Waals surface area (Å²) in [7, 11) is 2.17. The first-order valence-corrected chi connectivity index (χ1v) is 6.90. The Hall–Kier alpha value is -1.61. The van der Waals surface area contributed by atoms with E-state index in [-0.39, 0.29) is 0 Å². The third kappa shape index (κ3) is 2.71. The lowest BCUT2D eigenvalue weighted by Crippen LogP contribution is -2.18. The highest BCUT2D eigenvalue weighted by atomic mass is 16.5. The number of nitrogens with zero attached hydrogens (tertiary/aromatic N) is 2. The normalized spacial score (nSPS) is 23.9. The standard InChI is InChI=1S/C16H20N2O/c1-12-8-16(19-17-12)15-10-14(11-18(15)2)9-13-6-4-3-5-7-13/h3-8,14-15H,9-11H2,1-2H3. The zero-order valence-corrected chi connectivity index (χ0v) is 11.5. The molecule has 0 bridgehead atoms. The van der Waals surface area contributed by atoms with E-state index in [2.05, 4.69) is 53.5 Å². The Labute approximate surface area is 114 Å². The van der Waals surface area contributed by atoms with Gasteiger partial charge in [-0.3, -0.25) is 4.90 Å². The summed E-state index contributed by atoms with van der Waals surface area (Å²) in [5, 5.41) is 4.00. The number of hydrogen-bond acceptors (Lipinski definition) is 3. The molecule has 2 atom stereocenters. The highest BCUT2D eigenvalue weighted by molar-refractivity contribution is 5.17. The lowest BCUT2D eigenvalue weighted by Gasteiger charge is -2.15. The molecule has 1 aromatic heterocycles. The second-order valence-electron chi connectivity index (χ2n) is 5.62.